The van der Waals surface area contributed by atoms with Gasteiger partial charge in [0.05, 0.1) is 6.16 Å². The number of rotatable bonds is 12. The lowest BCUT2D eigenvalue weighted by Crippen LogP contribution is -2.28. The molecule has 0 aliphatic carbocycles. The Labute approximate surface area is 243 Å². The Hall–Kier alpha value is -3.04. The first kappa shape index (κ1) is 32.9. The van der Waals surface area contributed by atoms with Gasteiger partial charge in [0.25, 0.3) is 0 Å². The average Bonchev–Trinajstić information content (AvgIpc) is 3.25. The molecule has 1 aliphatic rings. The van der Waals surface area contributed by atoms with Crippen LogP contribution in [0.1, 0.15) is 23.8 Å². The van der Waals surface area contributed by atoms with Crippen LogP contribution in [0, 0.1) is 0 Å². The molecule has 1 saturated heterocycles. The van der Waals surface area contributed by atoms with Crippen LogP contribution in [0.3, 0.4) is 0 Å². The largest absolute Gasteiger partial charge is 0.488 e. The molecule has 0 saturated carbocycles. The number of aromatic nitrogens is 2. The first-order valence-electron chi connectivity index (χ1n) is 12.2. The quantitative estimate of drug-likeness (QED) is 0.175. The molecule has 1 aromatic heterocycles. The molecule has 43 heavy (non-hydrogen) atoms. The number of ether oxygens (including phenoxy) is 2. The molecule has 20 heteroatoms. The van der Waals surface area contributed by atoms with Gasteiger partial charge in [-0.3, -0.25) is 19.0 Å². The minimum absolute atomic E-state index is 0.0256. The highest BCUT2D eigenvalue weighted by atomic mass is 31.3. The monoisotopic (exact) mass is 661 g/mol. The number of nitrogens with zero attached hydrogens (tertiary/aromatic N) is 2. The molecule has 2 heterocycles. The van der Waals surface area contributed by atoms with E-state index in [0.717, 1.165) is 16.3 Å². The molecule has 1 fully saturated rings. The van der Waals surface area contributed by atoms with E-state index in [-0.39, 0.29) is 24.4 Å². The zero-order chi connectivity index (χ0) is 31.3. The van der Waals surface area contributed by atoms with E-state index in [2.05, 4.69) is 23.4 Å². The lowest BCUT2D eigenvalue weighted by Gasteiger charge is -2.21. The Balaban J connectivity index is 1.32. The van der Waals surface area contributed by atoms with Crippen molar-refractivity contribution in [1.82, 2.24) is 9.55 Å². The number of carbonyl (C=O) groups is 1. The van der Waals surface area contributed by atoms with Crippen molar-refractivity contribution < 1.29 is 60.9 Å². The van der Waals surface area contributed by atoms with Crippen molar-refractivity contribution in [2.24, 2.45) is 0 Å². The van der Waals surface area contributed by atoms with Gasteiger partial charge in [-0.1, -0.05) is 60.7 Å². The lowest BCUT2D eigenvalue weighted by molar-refractivity contribution is -0.134. The maximum absolute atomic E-state index is 12.5. The number of aliphatic hydroxyl groups excluding tert-OH is 1. The standard InChI is InChI=1S/C23H26N3O14P3/c27-18-13-20(26-12-11-19(24-22(26)28)25-23(29)36-14-16-7-3-1-4-8-16)37-21(18)38-42(32,33)40-43(34,35)39-41(30,31)15-17-9-5-2-6-10-17/h1-12,18,20-21,27H,13-15H2,(H,30,31)(H,32,33)(H,34,35)(H,24,25,28,29)/t18-,20+,21+/m0/s1. The Morgan fingerprint density at radius 3 is 2.21 bits per heavy atom. The van der Waals surface area contributed by atoms with Gasteiger partial charge in [-0.2, -0.15) is 9.29 Å². The Bertz CT molecular complexity index is 1620. The summed E-state index contributed by atoms with van der Waals surface area (Å²) in [5.74, 6) is -0.161. The van der Waals surface area contributed by atoms with Crippen molar-refractivity contribution in [2.75, 3.05) is 5.32 Å². The van der Waals surface area contributed by atoms with Crippen LogP contribution in [0.25, 0.3) is 0 Å². The molecule has 1 amide bonds. The van der Waals surface area contributed by atoms with E-state index in [1.807, 2.05) is 0 Å². The second-order valence-electron chi connectivity index (χ2n) is 8.94. The summed E-state index contributed by atoms with van der Waals surface area (Å²) in [6, 6.07) is 17.6. The predicted molar refractivity (Wildman–Crippen MR) is 146 cm³/mol. The number of hydrogen-bond donors (Lipinski definition) is 5. The van der Waals surface area contributed by atoms with Gasteiger partial charge in [0.15, 0.2) is 6.29 Å². The van der Waals surface area contributed by atoms with Crippen molar-refractivity contribution in [2.45, 2.75) is 37.8 Å². The molecule has 1 aliphatic heterocycles. The lowest BCUT2D eigenvalue weighted by atomic mass is 10.2. The van der Waals surface area contributed by atoms with Crippen molar-refractivity contribution >= 4 is 35.2 Å². The number of phosphoric ester groups is 1. The van der Waals surface area contributed by atoms with Crippen molar-refractivity contribution in [3.8, 4) is 0 Å². The smallest absolute Gasteiger partial charge is 0.444 e. The van der Waals surface area contributed by atoms with E-state index in [9.17, 15) is 43.1 Å². The van der Waals surface area contributed by atoms with Gasteiger partial charge in [0.2, 0.25) is 0 Å². The van der Waals surface area contributed by atoms with E-state index in [0.29, 0.717) is 0 Å². The molecule has 0 radical (unpaired) electrons. The van der Waals surface area contributed by atoms with E-state index < -0.39 is 59.8 Å². The van der Waals surface area contributed by atoms with Crippen LogP contribution in [-0.2, 0) is 49.1 Å². The maximum Gasteiger partial charge on any atom is 0.488 e. The van der Waals surface area contributed by atoms with Gasteiger partial charge < -0.3 is 29.3 Å². The van der Waals surface area contributed by atoms with Gasteiger partial charge in [-0.05, 0) is 17.2 Å². The second-order valence-corrected chi connectivity index (χ2v) is 13.9. The number of carbonyl (C=O) groups excluding carboxylic acids is 1. The third-order valence-electron chi connectivity index (χ3n) is 5.53. The zero-order valence-electron chi connectivity index (χ0n) is 21.9. The number of benzene rings is 2. The Kier molecular flexibility index (Phi) is 10.5. The second kappa shape index (κ2) is 13.7. The first-order valence-corrected chi connectivity index (χ1v) is 17.0. The highest BCUT2D eigenvalue weighted by Gasteiger charge is 2.46. The van der Waals surface area contributed by atoms with Crippen LogP contribution in [0.4, 0.5) is 10.6 Å². The number of nitrogens with one attached hydrogen (secondary N) is 1. The van der Waals surface area contributed by atoms with Crippen LogP contribution in [0.2, 0.25) is 0 Å². The molecule has 4 rings (SSSR count). The van der Waals surface area contributed by atoms with Crippen molar-refractivity contribution in [1.29, 1.82) is 0 Å². The SMILES string of the molecule is O=C(Nc1ccn([C@H]2C[C@H](O)[C@@H](OP(=O)(O)OP(=O)(O)OP(=O)(O)Cc3ccccc3)O2)c(=O)n1)OCc1ccccc1. The minimum atomic E-state index is -5.67. The van der Waals surface area contributed by atoms with E-state index >= 15 is 0 Å². The Morgan fingerprint density at radius 2 is 1.58 bits per heavy atom. The zero-order valence-corrected chi connectivity index (χ0v) is 24.6. The number of amides is 1. The van der Waals surface area contributed by atoms with Crippen LogP contribution < -0.4 is 11.0 Å². The highest BCUT2D eigenvalue weighted by Crippen LogP contribution is 2.68. The van der Waals surface area contributed by atoms with Gasteiger partial charge >= 0.3 is 35.0 Å². The average molecular weight is 661 g/mol. The summed E-state index contributed by atoms with van der Waals surface area (Å²) in [5.41, 5.74) is 0.0488. The van der Waals surface area contributed by atoms with Gasteiger partial charge in [0, 0.05) is 12.6 Å². The summed E-state index contributed by atoms with van der Waals surface area (Å²) >= 11 is 0. The fraction of sp³-hybridized carbons (Fsp3) is 0.261. The van der Waals surface area contributed by atoms with E-state index in [1.54, 1.807) is 48.5 Å². The fourth-order valence-electron chi connectivity index (χ4n) is 3.76. The van der Waals surface area contributed by atoms with Crippen LogP contribution >= 0.6 is 23.2 Å². The summed E-state index contributed by atoms with van der Waals surface area (Å²) in [6.45, 7) is -0.0256. The predicted octanol–water partition coefficient (Wildman–Crippen LogP) is 3.23. The fourth-order valence-corrected chi connectivity index (χ4v) is 7.99. The van der Waals surface area contributed by atoms with E-state index in [1.165, 1.54) is 18.2 Å². The third-order valence-corrected chi connectivity index (χ3v) is 10.3. The van der Waals surface area contributed by atoms with Gasteiger partial charge in [0.1, 0.15) is 24.8 Å². The summed E-state index contributed by atoms with van der Waals surface area (Å²) < 4.78 is 61.0. The summed E-state index contributed by atoms with van der Waals surface area (Å²) in [5, 5.41) is 12.5. The van der Waals surface area contributed by atoms with Crippen LogP contribution in [0.15, 0.2) is 77.7 Å². The summed E-state index contributed by atoms with van der Waals surface area (Å²) in [4.78, 5) is 57.9. The molecule has 17 nitrogen and oxygen atoms in total. The molecule has 3 aromatic rings. The number of anilines is 1. The summed E-state index contributed by atoms with van der Waals surface area (Å²) in [6.07, 6.45) is -5.70. The number of aliphatic hydroxyl groups is 1. The Morgan fingerprint density at radius 1 is 0.953 bits per heavy atom. The molecule has 2 aromatic carbocycles. The van der Waals surface area contributed by atoms with Crippen LogP contribution in [0.5, 0.6) is 0 Å². The number of phosphoric acid groups is 2. The summed E-state index contributed by atoms with van der Waals surface area (Å²) in [7, 11) is -16.1. The molecule has 6 atom stereocenters. The normalized spacial score (nSPS) is 22.6. The molecular weight excluding hydrogens is 635 g/mol. The molecule has 0 spiro atoms. The molecule has 3 unspecified atom stereocenters. The first-order chi connectivity index (χ1) is 20.2. The number of hydrogen-bond acceptors (Lipinski definition) is 12. The topological polar surface area (TPSA) is 242 Å². The maximum atomic E-state index is 12.5. The third kappa shape index (κ3) is 10.00. The molecule has 5 N–H and O–H groups in total. The van der Waals surface area contributed by atoms with Crippen LogP contribution in [-0.4, -0.2) is 47.8 Å². The van der Waals surface area contributed by atoms with Crippen molar-refractivity contribution in [3.63, 3.8) is 0 Å². The van der Waals surface area contributed by atoms with Gasteiger partial charge in [-0.25, -0.2) is 23.0 Å². The minimum Gasteiger partial charge on any atom is -0.444 e. The van der Waals surface area contributed by atoms with E-state index in [4.69, 9.17) is 9.47 Å². The highest BCUT2D eigenvalue weighted by molar-refractivity contribution is 7.68. The van der Waals surface area contributed by atoms with Gasteiger partial charge in [-0.15, -0.1) is 0 Å². The van der Waals surface area contributed by atoms with Crippen molar-refractivity contribution in [3.05, 3.63) is 94.5 Å². The molecular formula is C23H26N3O14P3. The molecule has 232 valence electrons. The molecule has 0 bridgehead atoms.